The monoisotopic (exact) mass is 498 g/mol. The number of nitro benzene ring substituents is 1. The molecule has 1 heterocycles. The van der Waals surface area contributed by atoms with Gasteiger partial charge in [-0.1, -0.05) is 78.5 Å². The van der Waals surface area contributed by atoms with Gasteiger partial charge in [0.25, 0.3) is 11.6 Å². The Morgan fingerprint density at radius 3 is 2.25 bits per heavy atom. The number of carbonyl (C=O) groups is 1. The molecular formula is C28H26N4O3S. The van der Waals surface area contributed by atoms with Gasteiger partial charge in [0.05, 0.1) is 16.3 Å². The molecule has 4 rings (SSSR count). The van der Waals surface area contributed by atoms with Crippen molar-refractivity contribution in [3.05, 3.63) is 113 Å². The number of nitrogens with zero attached hydrogens (tertiary/aromatic N) is 3. The number of aromatic nitrogens is 2. The van der Waals surface area contributed by atoms with E-state index in [0.717, 1.165) is 39.8 Å². The third kappa shape index (κ3) is 5.90. The summed E-state index contributed by atoms with van der Waals surface area (Å²) in [5.41, 5.74) is 4.48. The van der Waals surface area contributed by atoms with Gasteiger partial charge in [-0.15, -0.1) is 6.58 Å². The third-order valence-electron chi connectivity index (χ3n) is 5.52. The molecule has 0 spiro atoms. The normalized spacial score (nSPS) is 10.7. The van der Waals surface area contributed by atoms with Crippen LogP contribution >= 0.6 is 11.8 Å². The number of hydrogen-bond acceptors (Lipinski definition) is 5. The molecule has 182 valence electrons. The zero-order valence-corrected chi connectivity index (χ0v) is 20.5. The summed E-state index contributed by atoms with van der Waals surface area (Å²) in [6.45, 7) is 5.06. The molecule has 0 aliphatic carbocycles. The summed E-state index contributed by atoms with van der Waals surface area (Å²) < 4.78 is 2.19. The molecule has 36 heavy (non-hydrogen) atoms. The highest BCUT2D eigenvalue weighted by Gasteiger charge is 2.19. The summed E-state index contributed by atoms with van der Waals surface area (Å²) in [5, 5.41) is 14.6. The first-order valence-electron chi connectivity index (χ1n) is 11.6. The van der Waals surface area contributed by atoms with E-state index in [1.807, 2.05) is 42.5 Å². The average Bonchev–Trinajstić information content (AvgIpc) is 3.27. The number of hydrogen-bond donors (Lipinski definition) is 1. The number of non-ortho nitro benzene ring substituents is 1. The summed E-state index contributed by atoms with van der Waals surface area (Å²) in [4.78, 5) is 27.7. The van der Waals surface area contributed by atoms with Gasteiger partial charge in [0.15, 0.2) is 5.16 Å². The van der Waals surface area contributed by atoms with E-state index in [1.54, 1.807) is 11.8 Å². The number of allylic oxidation sites excluding steroid dienone is 1. The molecule has 0 saturated carbocycles. The van der Waals surface area contributed by atoms with Gasteiger partial charge in [0, 0.05) is 47.7 Å². The maximum atomic E-state index is 12.3. The molecule has 1 aromatic heterocycles. The van der Waals surface area contributed by atoms with Gasteiger partial charge < -0.3 is 9.88 Å². The summed E-state index contributed by atoms with van der Waals surface area (Å²) in [6, 6.07) is 26.0. The summed E-state index contributed by atoms with van der Waals surface area (Å²) in [6.07, 6.45) is 2.61. The van der Waals surface area contributed by atoms with Crippen LogP contribution in [-0.2, 0) is 6.54 Å². The predicted octanol–water partition coefficient (Wildman–Crippen LogP) is 6.22. The smallest absolute Gasteiger partial charge is 0.269 e. The average molecular weight is 499 g/mol. The highest BCUT2D eigenvalue weighted by atomic mass is 32.2. The van der Waals surface area contributed by atoms with Crippen LogP contribution in [-0.4, -0.2) is 32.7 Å². The van der Waals surface area contributed by atoms with Crippen LogP contribution in [0.2, 0.25) is 0 Å². The second-order valence-electron chi connectivity index (χ2n) is 7.98. The third-order valence-corrected chi connectivity index (χ3v) is 6.58. The molecular weight excluding hydrogens is 472 g/mol. The second-order valence-corrected chi connectivity index (χ2v) is 9.05. The Morgan fingerprint density at radius 1 is 1.00 bits per heavy atom. The van der Waals surface area contributed by atoms with E-state index >= 15 is 0 Å². The molecule has 0 radical (unpaired) electrons. The number of rotatable bonds is 11. The highest BCUT2D eigenvalue weighted by molar-refractivity contribution is 7.99. The Balaban J connectivity index is 1.45. The van der Waals surface area contributed by atoms with Crippen molar-refractivity contribution in [2.45, 2.75) is 18.1 Å². The zero-order valence-electron chi connectivity index (χ0n) is 19.7. The fourth-order valence-corrected chi connectivity index (χ4v) is 4.75. The number of thioether (sulfide) groups is 1. The molecule has 1 N–H and O–H groups in total. The van der Waals surface area contributed by atoms with Crippen LogP contribution < -0.4 is 5.32 Å². The fourth-order valence-electron chi connectivity index (χ4n) is 3.80. The Labute approximate surface area is 214 Å². The van der Waals surface area contributed by atoms with Gasteiger partial charge in [0.2, 0.25) is 0 Å². The lowest BCUT2D eigenvalue weighted by atomic mass is 10.0. The first kappa shape index (κ1) is 24.9. The topological polar surface area (TPSA) is 90.1 Å². The Morgan fingerprint density at radius 2 is 1.64 bits per heavy atom. The van der Waals surface area contributed by atoms with Crippen molar-refractivity contribution in [1.82, 2.24) is 14.9 Å². The van der Waals surface area contributed by atoms with Crippen LogP contribution in [0.5, 0.6) is 0 Å². The molecule has 7 nitrogen and oxygen atoms in total. The van der Waals surface area contributed by atoms with Crippen molar-refractivity contribution in [3.8, 4) is 22.5 Å². The van der Waals surface area contributed by atoms with E-state index < -0.39 is 4.92 Å². The lowest BCUT2D eigenvalue weighted by Gasteiger charge is -2.11. The standard InChI is InChI=1S/C28H26N4O3S/c1-2-19-31-26(22-12-7-4-8-13-22)25(21-10-5-3-6-11-21)30-28(31)36-20-9-18-29-27(33)23-14-16-24(17-15-23)32(34)35/h2-8,10-17H,1,9,18-20H2,(H,29,33). The number of amides is 1. The first-order chi connectivity index (χ1) is 17.6. The zero-order chi connectivity index (χ0) is 25.3. The van der Waals surface area contributed by atoms with Crippen LogP contribution in [0, 0.1) is 10.1 Å². The van der Waals surface area contributed by atoms with Crippen molar-refractivity contribution in [1.29, 1.82) is 0 Å². The molecule has 1 amide bonds. The van der Waals surface area contributed by atoms with Crippen molar-refractivity contribution in [2.24, 2.45) is 0 Å². The summed E-state index contributed by atoms with van der Waals surface area (Å²) in [5.74, 6) is 0.512. The van der Waals surface area contributed by atoms with Crippen LogP contribution in [0.3, 0.4) is 0 Å². The lowest BCUT2D eigenvalue weighted by molar-refractivity contribution is -0.384. The van der Waals surface area contributed by atoms with Crippen LogP contribution in [0.4, 0.5) is 5.69 Å². The molecule has 0 bridgehead atoms. The first-order valence-corrected chi connectivity index (χ1v) is 12.5. The molecule has 0 saturated heterocycles. The molecule has 0 atom stereocenters. The van der Waals surface area contributed by atoms with Crippen molar-refractivity contribution in [2.75, 3.05) is 12.3 Å². The summed E-state index contributed by atoms with van der Waals surface area (Å²) >= 11 is 1.64. The number of benzene rings is 3. The maximum absolute atomic E-state index is 12.3. The molecule has 0 aliphatic heterocycles. The molecule has 0 fully saturated rings. The Bertz CT molecular complexity index is 1340. The Kier molecular flexibility index (Phi) is 8.31. The highest BCUT2D eigenvalue weighted by Crippen LogP contribution is 2.36. The van der Waals surface area contributed by atoms with Crippen LogP contribution in [0.15, 0.2) is 103 Å². The van der Waals surface area contributed by atoms with Crippen LogP contribution in [0.1, 0.15) is 16.8 Å². The fraction of sp³-hybridized carbons (Fsp3) is 0.143. The molecule has 4 aromatic rings. The van der Waals surface area contributed by atoms with Gasteiger partial charge in [-0.05, 0) is 18.6 Å². The van der Waals surface area contributed by atoms with Crippen molar-refractivity contribution >= 4 is 23.4 Å². The van der Waals surface area contributed by atoms with E-state index in [1.165, 1.54) is 24.3 Å². The quantitative estimate of drug-likeness (QED) is 0.0871. The van der Waals surface area contributed by atoms with Gasteiger partial charge in [-0.25, -0.2) is 4.98 Å². The largest absolute Gasteiger partial charge is 0.352 e. The maximum Gasteiger partial charge on any atom is 0.269 e. The van der Waals surface area contributed by atoms with E-state index in [9.17, 15) is 14.9 Å². The minimum absolute atomic E-state index is 0.0391. The van der Waals surface area contributed by atoms with E-state index in [-0.39, 0.29) is 11.6 Å². The van der Waals surface area contributed by atoms with Crippen molar-refractivity contribution < 1.29 is 9.72 Å². The molecule has 3 aromatic carbocycles. The number of nitro groups is 1. The summed E-state index contributed by atoms with van der Waals surface area (Å²) in [7, 11) is 0. The van der Waals surface area contributed by atoms with Crippen molar-refractivity contribution in [3.63, 3.8) is 0 Å². The van der Waals surface area contributed by atoms with E-state index in [0.29, 0.717) is 18.7 Å². The van der Waals surface area contributed by atoms with Crippen LogP contribution in [0.25, 0.3) is 22.5 Å². The number of carbonyl (C=O) groups excluding carboxylic acids is 1. The SMILES string of the molecule is C=CCn1c(SCCCNC(=O)c2ccc([N+](=O)[O-])cc2)nc(-c2ccccc2)c1-c1ccccc1. The minimum Gasteiger partial charge on any atom is -0.352 e. The van der Waals surface area contributed by atoms with E-state index in [2.05, 4.69) is 40.7 Å². The predicted molar refractivity (Wildman–Crippen MR) is 144 cm³/mol. The lowest BCUT2D eigenvalue weighted by Crippen LogP contribution is -2.24. The van der Waals surface area contributed by atoms with Gasteiger partial charge in [-0.2, -0.15) is 0 Å². The number of nitrogens with one attached hydrogen (secondary N) is 1. The van der Waals surface area contributed by atoms with E-state index in [4.69, 9.17) is 4.98 Å². The molecule has 0 aliphatic rings. The van der Waals surface area contributed by atoms with Gasteiger partial charge in [-0.3, -0.25) is 14.9 Å². The number of imidazole rings is 1. The second kappa shape index (κ2) is 12.0. The Hall–Kier alpha value is -4.17. The minimum atomic E-state index is -0.485. The molecule has 8 heteroatoms. The molecule has 0 unspecified atom stereocenters. The van der Waals surface area contributed by atoms with Gasteiger partial charge >= 0.3 is 0 Å². The van der Waals surface area contributed by atoms with Gasteiger partial charge in [0.1, 0.15) is 0 Å².